The molecule has 0 fully saturated rings. The number of hydrogen-bond acceptors (Lipinski definition) is 3. The fourth-order valence-electron chi connectivity index (χ4n) is 2.58. The Kier molecular flexibility index (Phi) is 4.88. The minimum atomic E-state index is -0.304. The maximum Gasteiger partial charge on any atom is 0.185 e. The second kappa shape index (κ2) is 6.42. The van der Waals surface area contributed by atoms with Gasteiger partial charge in [0.15, 0.2) is 5.78 Å². The summed E-state index contributed by atoms with van der Waals surface area (Å²) in [7, 11) is 0. The fourth-order valence-corrected chi connectivity index (χ4v) is 2.58. The highest BCUT2D eigenvalue weighted by Gasteiger charge is 2.35. The Balaban J connectivity index is 2.39. The first kappa shape index (κ1) is 18.2. The number of allylic oxidation sites excluding steroid dienone is 2. The van der Waals surface area contributed by atoms with Crippen LogP contribution in [-0.4, -0.2) is 11.8 Å². The average Bonchev–Trinajstić information content (AvgIpc) is 2.45. The highest BCUT2D eigenvalue weighted by atomic mass is 19.1. The minimum absolute atomic E-state index is 0.0863. The number of azo groups is 1. The van der Waals surface area contributed by atoms with E-state index >= 15 is 0 Å². The molecule has 1 aromatic carbocycles. The van der Waals surface area contributed by atoms with Gasteiger partial charge in [-0.3, -0.25) is 4.79 Å². The Hall–Kier alpha value is -2.10. The van der Waals surface area contributed by atoms with Crippen molar-refractivity contribution in [2.45, 2.75) is 47.6 Å². The molecule has 1 aliphatic carbocycles. The molecule has 24 heavy (non-hydrogen) atoms. The van der Waals surface area contributed by atoms with Gasteiger partial charge in [-0.25, -0.2) is 4.39 Å². The van der Waals surface area contributed by atoms with E-state index in [9.17, 15) is 9.18 Å². The molecule has 0 atom stereocenters. The van der Waals surface area contributed by atoms with Crippen molar-refractivity contribution >= 4 is 11.5 Å². The highest BCUT2D eigenvalue weighted by Crippen LogP contribution is 2.38. The molecule has 0 radical (unpaired) electrons. The number of Topliss-reactive ketones (excluding diaryl/α,β-unsaturated/α-hetero) is 1. The van der Waals surface area contributed by atoms with Gasteiger partial charge >= 0.3 is 0 Å². The van der Waals surface area contributed by atoms with Gasteiger partial charge in [-0.15, -0.1) is 0 Å². The molecule has 0 spiro atoms. The van der Waals surface area contributed by atoms with E-state index in [0.717, 1.165) is 11.1 Å². The summed E-state index contributed by atoms with van der Waals surface area (Å²) in [5, 5.41) is 8.53. The fraction of sp³-hybridized carbons (Fsp3) is 0.450. The monoisotopic (exact) mass is 328 g/mol. The van der Waals surface area contributed by atoms with Crippen molar-refractivity contribution in [3.05, 3.63) is 53.4 Å². The van der Waals surface area contributed by atoms with Crippen LogP contribution in [0.15, 0.2) is 57.8 Å². The van der Waals surface area contributed by atoms with Crippen LogP contribution in [-0.2, 0) is 4.79 Å². The maximum absolute atomic E-state index is 13.0. The number of hydrogen-bond donors (Lipinski definition) is 0. The number of halogens is 1. The van der Waals surface area contributed by atoms with Crippen molar-refractivity contribution in [2.75, 3.05) is 0 Å². The smallest absolute Gasteiger partial charge is 0.185 e. The van der Waals surface area contributed by atoms with E-state index in [1.807, 2.05) is 53.7 Å². The van der Waals surface area contributed by atoms with E-state index in [4.69, 9.17) is 0 Å². The van der Waals surface area contributed by atoms with Gasteiger partial charge in [-0.05, 0) is 47.2 Å². The predicted molar refractivity (Wildman–Crippen MR) is 94.8 cm³/mol. The Morgan fingerprint density at radius 3 is 1.75 bits per heavy atom. The van der Waals surface area contributed by atoms with Gasteiger partial charge in [0.2, 0.25) is 0 Å². The van der Waals surface area contributed by atoms with Crippen LogP contribution >= 0.6 is 0 Å². The Morgan fingerprint density at radius 2 is 1.33 bits per heavy atom. The summed E-state index contributed by atoms with van der Waals surface area (Å²) in [6.45, 7) is 12.1. The summed E-state index contributed by atoms with van der Waals surface area (Å²) in [4.78, 5) is 12.8. The van der Waals surface area contributed by atoms with Crippen molar-refractivity contribution in [3.8, 4) is 0 Å². The van der Waals surface area contributed by atoms with Crippen LogP contribution < -0.4 is 0 Å². The van der Waals surface area contributed by atoms with E-state index in [-0.39, 0.29) is 28.5 Å². The summed E-state index contributed by atoms with van der Waals surface area (Å²) in [6, 6.07) is 5.57. The Morgan fingerprint density at radius 1 is 0.875 bits per heavy atom. The molecule has 1 aromatic rings. The number of benzene rings is 1. The largest absolute Gasteiger partial charge is 0.289 e. The molecule has 3 nitrogen and oxygen atoms in total. The number of nitrogens with zero attached hydrogens (tertiary/aromatic N) is 2. The highest BCUT2D eigenvalue weighted by molar-refractivity contribution is 6.10. The lowest BCUT2D eigenvalue weighted by Gasteiger charge is -2.32. The first-order valence-corrected chi connectivity index (χ1v) is 8.14. The first-order valence-electron chi connectivity index (χ1n) is 8.14. The summed E-state index contributed by atoms with van der Waals surface area (Å²) in [5.41, 5.74) is 1.59. The van der Waals surface area contributed by atoms with E-state index in [1.54, 1.807) is 12.1 Å². The molecule has 0 saturated heterocycles. The number of carbonyl (C=O) groups excluding carboxylic acids is 1. The average molecular weight is 328 g/mol. The predicted octanol–water partition coefficient (Wildman–Crippen LogP) is 5.81. The zero-order chi connectivity index (χ0) is 18.1. The van der Waals surface area contributed by atoms with Crippen molar-refractivity contribution in [2.24, 2.45) is 21.1 Å². The molecular formula is C20H25FN2O. The van der Waals surface area contributed by atoms with Gasteiger partial charge in [0.05, 0.1) is 5.69 Å². The number of carbonyl (C=O) groups is 1. The Labute approximate surface area is 143 Å². The van der Waals surface area contributed by atoms with Gasteiger partial charge < -0.3 is 0 Å². The van der Waals surface area contributed by atoms with Crippen LogP contribution in [0.3, 0.4) is 0 Å². The van der Waals surface area contributed by atoms with Gasteiger partial charge in [0.25, 0.3) is 0 Å². The number of ketones is 1. The molecule has 0 bridgehead atoms. The van der Waals surface area contributed by atoms with Crippen LogP contribution in [0.1, 0.15) is 41.5 Å². The molecule has 2 rings (SSSR count). The molecule has 0 heterocycles. The quantitative estimate of drug-likeness (QED) is 0.632. The topological polar surface area (TPSA) is 41.8 Å². The van der Waals surface area contributed by atoms with Crippen molar-refractivity contribution in [1.82, 2.24) is 0 Å². The molecule has 0 unspecified atom stereocenters. The summed E-state index contributed by atoms with van der Waals surface area (Å²) in [6.07, 6.45) is 3.76. The summed E-state index contributed by atoms with van der Waals surface area (Å²) in [5.74, 6) is -0.217. The maximum atomic E-state index is 13.0. The third kappa shape index (κ3) is 4.25. The van der Waals surface area contributed by atoms with Crippen LogP contribution in [0.5, 0.6) is 0 Å². The zero-order valence-electron chi connectivity index (χ0n) is 15.2. The van der Waals surface area contributed by atoms with E-state index < -0.39 is 0 Å². The van der Waals surface area contributed by atoms with Crippen molar-refractivity contribution < 1.29 is 9.18 Å². The third-order valence-corrected chi connectivity index (χ3v) is 3.91. The summed E-state index contributed by atoms with van der Waals surface area (Å²) < 4.78 is 13.0. The molecule has 0 aromatic heterocycles. The van der Waals surface area contributed by atoms with E-state index in [2.05, 4.69) is 10.2 Å². The van der Waals surface area contributed by atoms with Crippen molar-refractivity contribution in [3.63, 3.8) is 0 Å². The van der Waals surface area contributed by atoms with Crippen LogP contribution in [0.2, 0.25) is 0 Å². The molecule has 0 amide bonds. The van der Waals surface area contributed by atoms with Crippen LogP contribution in [0.25, 0.3) is 0 Å². The van der Waals surface area contributed by atoms with Crippen LogP contribution in [0.4, 0.5) is 10.1 Å². The van der Waals surface area contributed by atoms with Gasteiger partial charge in [-0.1, -0.05) is 41.5 Å². The standard InChI is InChI=1S/C20H25FN2O/c1-19(2,3)16-11-15(12-17(18(16)24)20(4,5)6)23-22-14-9-7-13(21)8-10-14/h7-12,15H,1-6H3. The lowest BCUT2D eigenvalue weighted by molar-refractivity contribution is -0.114. The first-order chi connectivity index (χ1) is 11.0. The second-order valence-electron chi connectivity index (χ2n) is 8.17. The van der Waals surface area contributed by atoms with Gasteiger partial charge in [0.1, 0.15) is 11.9 Å². The minimum Gasteiger partial charge on any atom is -0.289 e. The number of rotatable bonds is 2. The second-order valence-corrected chi connectivity index (χ2v) is 8.17. The lowest BCUT2D eigenvalue weighted by atomic mass is 9.72. The third-order valence-electron chi connectivity index (χ3n) is 3.91. The Bertz CT molecular complexity index is 679. The lowest BCUT2D eigenvalue weighted by Crippen LogP contribution is -2.30. The molecule has 1 aliphatic rings. The molecule has 0 N–H and O–H groups in total. The summed E-state index contributed by atoms with van der Waals surface area (Å²) >= 11 is 0. The molecule has 0 saturated carbocycles. The zero-order valence-corrected chi connectivity index (χ0v) is 15.2. The van der Waals surface area contributed by atoms with Crippen LogP contribution in [0, 0.1) is 16.6 Å². The molecule has 4 heteroatoms. The van der Waals surface area contributed by atoms with Gasteiger partial charge in [0, 0.05) is 11.1 Å². The molecular weight excluding hydrogens is 303 g/mol. The normalized spacial score (nSPS) is 17.2. The molecule has 128 valence electrons. The van der Waals surface area contributed by atoms with E-state index in [0.29, 0.717) is 5.69 Å². The molecule has 0 aliphatic heterocycles. The van der Waals surface area contributed by atoms with Gasteiger partial charge in [-0.2, -0.15) is 10.2 Å². The van der Waals surface area contributed by atoms with E-state index in [1.165, 1.54) is 12.1 Å². The van der Waals surface area contributed by atoms with Crippen molar-refractivity contribution in [1.29, 1.82) is 0 Å². The SMILES string of the molecule is CC(C)(C)C1=CC(N=Nc2ccc(F)cc2)C=C(C(C)(C)C)C1=O.